The Kier molecular flexibility index (Phi) is 5.36. The predicted octanol–water partition coefficient (Wildman–Crippen LogP) is 1.17. The van der Waals surface area contributed by atoms with E-state index < -0.39 is 18.0 Å². The second-order valence-electron chi connectivity index (χ2n) is 5.06. The molecule has 0 radical (unpaired) electrons. The molecule has 2 aromatic heterocycles. The lowest BCUT2D eigenvalue weighted by Crippen LogP contribution is -2.37. The third-order valence-electron chi connectivity index (χ3n) is 3.08. The molecular formula is C12H17F3N8O. The molecule has 0 atom stereocenters. The van der Waals surface area contributed by atoms with Crippen LogP contribution in [-0.2, 0) is 25.8 Å². The first-order valence-corrected chi connectivity index (χ1v) is 7.15. The van der Waals surface area contributed by atoms with Gasteiger partial charge in [-0.1, -0.05) is 6.92 Å². The largest absolute Gasteiger partial charge is 0.453 e. The van der Waals surface area contributed by atoms with E-state index >= 15 is 0 Å². The Morgan fingerprint density at radius 1 is 1.46 bits per heavy atom. The van der Waals surface area contributed by atoms with Gasteiger partial charge in [0.2, 0.25) is 0 Å². The zero-order valence-corrected chi connectivity index (χ0v) is 13.1. The number of alkyl halides is 3. The Balaban J connectivity index is 1.87. The smallest absolute Gasteiger partial charge is 0.331 e. The number of halogens is 3. The van der Waals surface area contributed by atoms with Crippen molar-refractivity contribution in [2.24, 2.45) is 0 Å². The van der Waals surface area contributed by atoms with Gasteiger partial charge in [-0.05, 0) is 6.42 Å². The average molecular weight is 346 g/mol. The summed E-state index contributed by atoms with van der Waals surface area (Å²) in [6.45, 7) is 2.76. The number of amides is 2. The Bertz CT molecular complexity index is 680. The molecule has 0 saturated heterocycles. The fourth-order valence-corrected chi connectivity index (χ4v) is 1.91. The summed E-state index contributed by atoms with van der Waals surface area (Å²) in [4.78, 5) is 16.6. The van der Waals surface area contributed by atoms with E-state index in [1.807, 2.05) is 11.5 Å². The topological polar surface area (TPSA) is 105 Å². The SMILES string of the molecule is CCCn1cnnc1CN(C)C(=O)NCc1nc(C(F)(F)F)n[nH]1. The zero-order valence-electron chi connectivity index (χ0n) is 13.1. The van der Waals surface area contributed by atoms with Crippen molar-refractivity contribution in [3.63, 3.8) is 0 Å². The summed E-state index contributed by atoms with van der Waals surface area (Å²) >= 11 is 0. The van der Waals surface area contributed by atoms with E-state index in [4.69, 9.17) is 0 Å². The highest BCUT2D eigenvalue weighted by Crippen LogP contribution is 2.25. The van der Waals surface area contributed by atoms with Gasteiger partial charge >= 0.3 is 12.2 Å². The number of rotatable bonds is 6. The molecule has 2 rings (SSSR count). The molecular weight excluding hydrogens is 329 g/mol. The Morgan fingerprint density at radius 3 is 2.83 bits per heavy atom. The zero-order chi connectivity index (χ0) is 17.7. The summed E-state index contributed by atoms with van der Waals surface area (Å²) < 4.78 is 39.0. The first-order chi connectivity index (χ1) is 11.3. The van der Waals surface area contributed by atoms with E-state index in [1.165, 1.54) is 4.90 Å². The molecule has 2 amide bonds. The molecule has 0 aliphatic heterocycles. The lowest BCUT2D eigenvalue weighted by Gasteiger charge is -2.17. The van der Waals surface area contributed by atoms with Gasteiger partial charge in [0.25, 0.3) is 5.82 Å². The van der Waals surface area contributed by atoms with Gasteiger partial charge < -0.3 is 14.8 Å². The Labute approximate surface area is 135 Å². The number of urea groups is 1. The summed E-state index contributed by atoms with van der Waals surface area (Å²) in [6.07, 6.45) is -2.15. The number of carbonyl (C=O) groups excluding carboxylic acids is 1. The molecule has 0 bridgehead atoms. The number of nitrogens with one attached hydrogen (secondary N) is 2. The van der Waals surface area contributed by atoms with Crippen molar-refractivity contribution in [3.05, 3.63) is 23.8 Å². The van der Waals surface area contributed by atoms with Crippen LogP contribution in [0.2, 0.25) is 0 Å². The molecule has 0 saturated carbocycles. The van der Waals surface area contributed by atoms with E-state index in [9.17, 15) is 18.0 Å². The number of aromatic nitrogens is 6. The highest BCUT2D eigenvalue weighted by Gasteiger charge is 2.36. The highest BCUT2D eigenvalue weighted by atomic mass is 19.4. The maximum absolute atomic E-state index is 12.4. The maximum Gasteiger partial charge on any atom is 0.453 e. The average Bonchev–Trinajstić information content (AvgIpc) is 3.14. The number of hydrogen-bond acceptors (Lipinski definition) is 5. The molecule has 24 heavy (non-hydrogen) atoms. The lowest BCUT2D eigenvalue weighted by molar-refractivity contribution is -0.144. The number of aryl methyl sites for hydroxylation is 1. The van der Waals surface area contributed by atoms with Crippen LogP contribution in [0.4, 0.5) is 18.0 Å². The first kappa shape index (κ1) is 17.7. The normalized spacial score (nSPS) is 11.5. The van der Waals surface area contributed by atoms with Gasteiger partial charge in [-0.2, -0.15) is 13.2 Å². The van der Waals surface area contributed by atoms with Gasteiger partial charge in [0.1, 0.15) is 12.2 Å². The van der Waals surface area contributed by atoms with Crippen molar-refractivity contribution in [2.75, 3.05) is 7.05 Å². The molecule has 12 heteroatoms. The molecule has 2 N–H and O–H groups in total. The Morgan fingerprint density at radius 2 is 2.21 bits per heavy atom. The maximum atomic E-state index is 12.4. The van der Waals surface area contributed by atoms with Gasteiger partial charge in [-0.15, -0.1) is 15.3 Å². The van der Waals surface area contributed by atoms with Crippen LogP contribution in [0, 0.1) is 0 Å². The Hall–Kier alpha value is -2.66. The summed E-state index contributed by atoms with van der Waals surface area (Å²) in [5.74, 6) is -0.737. The predicted molar refractivity (Wildman–Crippen MR) is 75.4 cm³/mol. The van der Waals surface area contributed by atoms with Crippen molar-refractivity contribution in [2.45, 2.75) is 39.2 Å². The lowest BCUT2D eigenvalue weighted by atomic mass is 10.4. The molecule has 0 fully saturated rings. The number of H-pyrrole nitrogens is 1. The molecule has 2 heterocycles. The van der Waals surface area contributed by atoms with Gasteiger partial charge in [0, 0.05) is 13.6 Å². The second kappa shape index (κ2) is 7.27. The van der Waals surface area contributed by atoms with Crippen molar-refractivity contribution >= 4 is 6.03 Å². The molecule has 0 spiro atoms. The van der Waals surface area contributed by atoms with E-state index in [1.54, 1.807) is 13.4 Å². The fraction of sp³-hybridized carbons (Fsp3) is 0.583. The molecule has 0 unspecified atom stereocenters. The van der Waals surface area contributed by atoms with Crippen LogP contribution in [0.15, 0.2) is 6.33 Å². The van der Waals surface area contributed by atoms with E-state index in [0.29, 0.717) is 5.82 Å². The molecule has 0 aliphatic rings. The van der Waals surface area contributed by atoms with E-state index in [2.05, 4.69) is 30.7 Å². The van der Waals surface area contributed by atoms with E-state index in [0.717, 1.165) is 13.0 Å². The molecule has 9 nitrogen and oxygen atoms in total. The molecule has 0 aromatic carbocycles. The van der Waals surface area contributed by atoms with Crippen LogP contribution in [0.25, 0.3) is 0 Å². The summed E-state index contributed by atoms with van der Waals surface area (Å²) in [5, 5.41) is 15.4. The van der Waals surface area contributed by atoms with Crippen molar-refractivity contribution in [1.82, 2.24) is 40.2 Å². The minimum absolute atomic E-state index is 0.0850. The molecule has 0 aliphatic carbocycles. The van der Waals surface area contributed by atoms with Gasteiger partial charge in [0.05, 0.1) is 13.1 Å². The molecule has 132 valence electrons. The van der Waals surface area contributed by atoms with Gasteiger partial charge in [-0.3, -0.25) is 5.10 Å². The standard InChI is InChI=1S/C12H17F3N8O/c1-3-4-23-7-17-20-9(23)6-22(2)11(24)16-5-8-18-10(21-19-8)12(13,14)15/h7H,3-6H2,1-2H3,(H,16,24)(H,18,19,21). The van der Waals surface area contributed by atoms with Crippen molar-refractivity contribution < 1.29 is 18.0 Å². The fourth-order valence-electron chi connectivity index (χ4n) is 1.91. The van der Waals surface area contributed by atoms with Crippen LogP contribution >= 0.6 is 0 Å². The minimum Gasteiger partial charge on any atom is -0.331 e. The first-order valence-electron chi connectivity index (χ1n) is 7.15. The van der Waals surface area contributed by atoms with Gasteiger partial charge in [0.15, 0.2) is 5.82 Å². The highest BCUT2D eigenvalue weighted by molar-refractivity contribution is 5.73. The quantitative estimate of drug-likeness (QED) is 0.817. The summed E-state index contributed by atoms with van der Waals surface area (Å²) in [5.41, 5.74) is 0. The second-order valence-corrected chi connectivity index (χ2v) is 5.06. The van der Waals surface area contributed by atoms with Crippen molar-refractivity contribution in [1.29, 1.82) is 0 Å². The van der Waals surface area contributed by atoms with Crippen LogP contribution < -0.4 is 5.32 Å². The molecule has 2 aromatic rings. The number of nitrogens with zero attached hydrogens (tertiary/aromatic N) is 6. The third kappa shape index (κ3) is 4.43. The van der Waals surface area contributed by atoms with Crippen LogP contribution in [0.1, 0.15) is 30.8 Å². The third-order valence-corrected chi connectivity index (χ3v) is 3.08. The number of carbonyl (C=O) groups is 1. The minimum atomic E-state index is -4.63. The number of hydrogen-bond donors (Lipinski definition) is 2. The monoisotopic (exact) mass is 346 g/mol. The van der Waals surface area contributed by atoms with E-state index in [-0.39, 0.29) is 18.9 Å². The van der Waals surface area contributed by atoms with Gasteiger partial charge in [-0.25, -0.2) is 9.78 Å². The number of aromatic amines is 1. The van der Waals surface area contributed by atoms with Crippen LogP contribution in [-0.4, -0.2) is 47.9 Å². The summed E-state index contributed by atoms with van der Waals surface area (Å²) in [7, 11) is 1.54. The van der Waals surface area contributed by atoms with Crippen LogP contribution in [0.3, 0.4) is 0 Å². The van der Waals surface area contributed by atoms with Crippen LogP contribution in [0.5, 0.6) is 0 Å². The summed E-state index contributed by atoms with van der Waals surface area (Å²) in [6, 6.07) is -0.481. The van der Waals surface area contributed by atoms with Crippen molar-refractivity contribution in [3.8, 4) is 0 Å².